The predicted molar refractivity (Wildman–Crippen MR) is 124 cm³/mol. The molecular weight excluding hydrogens is 384 g/mol. The van der Waals surface area contributed by atoms with Crippen LogP contribution in [0.4, 0.5) is 22.7 Å². The molecule has 30 heavy (non-hydrogen) atoms. The molecule has 166 valence electrons. The molecule has 0 spiro atoms. The normalized spacial score (nSPS) is 11.5. The molecule has 8 nitrogen and oxygen atoms in total. The van der Waals surface area contributed by atoms with Crippen molar-refractivity contribution in [2.45, 2.75) is 54.4 Å². The van der Waals surface area contributed by atoms with Crippen molar-refractivity contribution >= 4 is 34.3 Å². The summed E-state index contributed by atoms with van der Waals surface area (Å²) in [6.07, 6.45) is 0. The zero-order valence-electron chi connectivity index (χ0n) is 16.4. The van der Waals surface area contributed by atoms with Crippen molar-refractivity contribution in [2.75, 3.05) is 17.2 Å². The minimum absolute atomic E-state index is 0. The van der Waals surface area contributed by atoms with Crippen LogP contribution in [0.5, 0.6) is 0 Å². The summed E-state index contributed by atoms with van der Waals surface area (Å²) in [6.45, 7) is 6.58. The minimum Gasteiger partial charge on any atom is -0.397 e. The number of carbonyl (C=O) groups excluding carboxylic acids is 2. The molecule has 0 aromatic heterocycles. The number of nitrogen functional groups attached to an aromatic ring is 3. The van der Waals surface area contributed by atoms with Crippen LogP contribution in [-0.4, -0.2) is 16.5 Å². The Morgan fingerprint density at radius 2 is 1.20 bits per heavy atom. The number of Topliss-reactive ketones (excluding diaryl/α,β-unsaturated/α-hetero) is 2. The van der Waals surface area contributed by atoms with Gasteiger partial charge in [-0.1, -0.05) is 40.8 Å². The molecule has 0 aliphatic rings. The molecule has 2 rings (SSSR count). The van der Waals surface area contributed by atoms with Crippen molar-refractivity contribution < 1.29 is 14.5 Å². The van der Waals surface area contributed by atoms with E-state index in [0.29, 0.717) is 16.9 Å². The first-order chi connectivity index (χ1) is 13.0. The zero-order valence-corrected chi connectivity index (χ0v) is 16.4. The molecule has 6 N–H and O–H groups in total. The van der Waals surface area contributed by atoms with E-state index in [1.807, 2.05) is 13.0 Å². The number of nitrogens with zero attached hydrogens (tertiary/aromatic N) is 1. The number of hydrogen-bond acceptors (Lipinski definition) is 7. The van der Waals surface area contributed by atoms with E-state index >= 15 is 0 Å². The van der Waals surface area contributed by atoms with E-state index in [2.05, 4.69) is 0 Å². The lowest BCUT2D eigenvalue weighted by molar-refractivity contribution is -0.384. The van der Waals surface area contributed by atoms with Crippen LogP contribution < -0.4 is 17.2 Å². The third-order valence-electron chi connectivity index (χ3n) is 4.58. The first kappa shape index (κ1) is 28.8. The molecule has 2 aromatic carbocycles. The Labute approximate surface area is 178 Å². The first-order valence-electron chi connectivity index (χ1n) is 8.65. The van der Waals surface area contributed by atoms with Crippen LogP contribution in [0.2, 0.25) is 0 Å². The van der Waals surface area contributed by atoms with Gasteiger partial charge in [0, 0.05) is 17.9 Å². The van der Waals surface area contributed by atoms with Gasteiger partial charge in [-0.3, -0.25) is 19.7 Å². The Morgan fingerprint density at radius 3 is 1.57 bits per heavy atom. The van der Waals surface area contributed by atoms with Gasteiger partial charge in [-0.25, -0.2) is 0 Å². The maximum atomic E-state index is 11.1. The Kier molecular flexibility index (Phi) is 11.7. The number of nitrogens with two attached hydrogens (primary N) is 3. The van der Waals surface area contributed by atoms with Crippen molar-refractivity contribution in [3.8, 4) is 0 Å². The zero-order chi connectivity index (χ0) is 21.6. The Balaban J connectivity index is 0. The molecule has 2 aromatic rings. The van der Waals surface area contributed by atoms with Crippen molar-refractivity contribution in [3.05, 3.63) is 57.6 Å². The number of rotatable bonds is 5. The van der Waals surface area contributed by atoms with Gasteiger partial charge in [-0.15, -0.1) is 0 Å². The van der Waals surface area contributed by atoms with Crippen molar-refractivity contribution in [3.63, 3.8) is 0 Å². The summed E-state index contributed by atoms with van der Waals surface area (Å²) >= 11 is 0. The summed E-state index contributed by atoms with van der Waals surface area (Å²) < 4.78 is 0. The number of hydrogen-bond donors (Lipinski definition) is 3. The van der Waals surface area contributed by atoms with Crippen molar-refractivity contribution in [1.29, 1.82) is 0 Å². The van der Waals surface area contributed by atoms with Gasteiger partial charge in [0.1, 0.15) is 17.3 Å². The monoisotopic (exact) mass is 418 g/mol. The highest BCUT2D eigenvalue weighted by Crippen LogP contribution is 2.26. The van der Waals surface area contributed by atoms with Gasteiger partial charge in [-0.2, -0.15) is 0 Å². The fourth-order valence-electron chi connectivity index (χ4n) is 2.32. The Morgan fingerprint density at radius 1 is 0.800 bits per heavy atom. The maximum Gasteiger partial charge on any atom is 0.292 e. The first-order valence-corrected chi connectivity index (χ1v) is 8.65. The van der Waals surface area contributed by atoms with Gasteiger partial charge < -0.3 is 17.2 Å². The smallest absolute Gasteiger partial charge is 0.292 e. The molecule has 0 heterocycles. The highest BCUT2D eigenvalue weighted by molar-refractivity contribution is 5.84. The van der Waals surface area contributed by atoms with Crippen LogP contribution in [0.3, 0.4) is 0 Å². The van der Waals surface area contributed by atoms with E-state index in [1.54, 1.807) is 32.0 Å². The van der Waals surface area contributed by atoms with Crippen LogP contribution in [0, 0.1) is 10.1 Å². The molecule has 0 radical (unpaired) electrons. The van der Waals surface area contributed by atoms with Crippen molar-refractivity contribution in [1.82, 2.24) is 0 Å². The van der Waals surface area contributed by atoms with E-state index in [4.69, 9.17) is 17.2 Å². The summed E-state index contributed by atoms with van der Waals surface area (Å²) in [5.74, 6) is -0.356. The molecule has 2 unspecified atom stereocenters. The molecule has 0 amide bonds. The van der Waals surface area contributed by atoms with Gasteiger partial charge in [0.05, 0.1) is 16.3 Å². The van der Waals surface area contributed by atoms with Crippen molar-refractivity contribution in [2.24, 2.45) is 0 Å². The number of anilines is 3. The third kappa shape index (κ3) is 7.54. The third-order valence-corrected chi connectivity index (χ3v) is 4.58. The van der Waals surface area contributed by atoms with Crippen LogP contribution in [0.25, 0.3) is 0 Å². The summed E-state index contributed by atoms with van der Waals surface area (Å²) in [6, 6.07) is 9.74. The summed E-state index contributed by atoms with van der Waals surface area (Å²) in [5, 5.41) is 10.6. The molecule has 0 fully saturated rings. The second-order valence-corrected chi connectivity index (χ2v) is 6.63. The highest BCUT2D eigenvalue weighted by atomic mass is 16.6. The van der Waals surface area contributed by atoms with Crippen LogP contribution in [0.15, 0.2) is 36.4 Å². The fraction of sp³-hybridized carbons (Fsp3) is 0.364. The molecule has 0 saturated carbocycles. The van der Waals surface area contributed by atoms with Gasteiger partial charge in [0.15, 0.2) is 0 Å². The molecule has 0 bridgehead atoms. The predicted octanol–water partition coefficient (Wildman–Crippen LogP) is 4.69. The number of benzene rings is 2. The van der Waals surface area contributed by atoms with E-state index in [1.165, 1.54) is 19.1 Å². The summed E-state index contributed by atoms with van der Waals surface area (Å²) in [4.78, 5) is 32.2. The second-order valence-electron chi connectivity index (χ2n) is 6.63. The number of carbonyl (C=O) groups is 2. The summed E-state index contributed by atoms with van der Waals surface area (Å²) in [5.41, 5.74) is 19.2. The van der Waals surface area contributed by atoms with E-state index in [0.717, 1.165) is 5.56 Å². The molecule has 0 saturated heterocycles. The fourth-order valence-corrected chi connectivity index (χ4v) is 2.32. The summed E-state index contributed by atoms with van der Waals surface area (Å²) in [7, 11) is 0. The second kappa shape index (κ2) is 12.2. The standard InChI is InChI=1S/C10H12N2O3.C10H14N2O.2CH4/c1-6(7(2)13)8-3-4-9(11)10(5-8)12(14)15;1-6(7(2)13)8-3-4-9(11)10(12)5-8;;/h3-6H,11H2,1-2H3;3-6H,11-12H2,1-2H3;2*1H4. The number of nitro benzene ring substituents is 1. The van der Waals surface area contributed by atoms with Crippen LogP contribution >= 0.6 is 0 Å². The van der Waals surface area contributed by atoms with Gasteiger partial charge in [0.2, 0.25) is 0 Å². The van der Waals surface area contributed by atoms with E-state index in [9.17, 15) is 19.7 Å². The molecular formula is C22H34N4O4. The Hall–Kier alpha value is -3.42. The lowest BCUT2D eigenvalue weighted by Crippen LogP contribution is -2.05. The molecule has 2 atom stereocenters. The van der Waals surface area contributed by atoms with E-state index < -0.39 is 4.92 Å². The minimum atomic E-state index is -0.550. The lowest BCUT2D eigenvalue weighted by atomic mass is 9.97. The average Bonchev–Trinajstić information content (AvgIpc) is 2.63. The van der Waals surface area contributed by atoms with E-state index in [-0.39, 0.29) is 49.6 Å². The molecule has 8 heteroatoms. The average molecular weight is 419 g/mol. The molecule has 0 aliphatic heterocycles. The van der Waals surface area contributed by atoms with Gasteiger partial charge in [-0.05, 0) is 43.2 Å². The van der Waals surface area contributed by atoms with Gasteiger partial charge >= 0.3 is 0 Å². The topological polar surface area (TPSA) is 155 Å². The number of nitro groups is 1. The maximum absolute atomic E-state index is 11.1. The quantitative estimate of drug-likeness (QED) is 0.361. The lowest BCUT2D eigenvalue weighted by Gasteiger charge is -2.09. The largest absolute Gasteiger partial charge is 0.397 e. The number of ketones is 2. The van der Waals surface area contributed by atoms with Crippen LogP contribution in [-0.2, 0) is 9.59 Å². The van der Waals surface area contributed by atoms with Crippen LogP contribution in [0.1, 0.15) is 65.5 Å². The Bertz CT molecular complexity index is 897. The SMILES string of the molecule is C.C.CC(=O)C(C)c1ccc(N)c(N)c1.CC(=O)C(C)c1ccc(N)c([N+](=O)[O-])c1. The molecule has 0 aliphatic carbocycles. The highest BCUT2D eigenvalue weighted by Gasteiger charge is 2.17. The van der Waals surface area contributed by atoms with Gasteiger partial charge in [0.25, 0.3) is 5.69 Å².